The van der Waals surface area contributed by atoms with Crippen LogP contribution in [0.15, 0.2) is 0 Å². The topological polar surface area (TPSA) is 83.2 Å². The summed E-state index contributed by atoms with van der Waals surface area (Å²) in [5.41, 5.74) is 5.70. The zero-order valence-corrected chi connectivity index (χ0v) is 13.3. The molecule has 7 heteroatoms. The Hall–Kier alpha value is -1.63. The van der Waals surface area contributed by atoms with Gasteiger partial charge in [0.15, 0.2) is 0 Å². The molecule has 0 radical (unpaired) electrons. The number of rotatable bonds is 6. The van der Waals surface area contributed by atoms with Crippen molar-refractivity contribution in [1.82, 2.24) is 19.9 Å². The molecule has 0 saturated carbocycles. The maximum Gasteiger partial charge on any atom is 0.231 e. The molecule has 2 rings (SSSR count). The van der Waals surface area contributed by atoms with Gasteiger partial charge in [0.25, 0.3) is 0 Å². The molecule has 0 amide bonds. The van der Waals surface area contributed by atoms with Crippen molar-refractivity contribution >= 4 is 17.8 Å². The summed E-state index contributed by atoms with van der Waals surface area (Å²) in [6.07, 6.45) is 5.10. The fourth-order valence-corrected chi connectivity index (χ4v) is 2.63. The van der Waals surface area contributed by atoms with Crippen LogP contribution >= 0.6 is 0 Å². The van der Waals surface area contributed by atoms with E-state index in [4.69, 9.17) is 5.73 Å². The van der Waals surface area contributed by atoms with E-state index in [-0.39, 0.29) is 5.95 Å². The number of aromatic nitrogens is 3. The minimum Gasteiger partial charge on any atom is -0.368 e. The third-order valence-electron chi connectivity index (χ3n) is 3.89. The van der Waals surface area contributed by atoms with Crippen LogP contribution in [-0.2, 0) is 0 Å². The first-order chi connectivity index (χ1) is 10.1. The van der Waals surface area contributed by atoms with E-state index < -0.39 is 0 Å². The number of piperidine rings is 1. The van der Waals surface area contributed by atoms with E-state index in [2.05, 4.69) is 32.1 Å². The summed E-state index contributed by atoms with van der Waals surface area (Å²) in [6.45, 7) is 5.52. The van der Waals surface area contributed by atoms with Gasteiger partial charge in [-0.15, -0.1) is 0 Å². The number of nitrogens with two attached hydrogens (primary N) is 1. The van der Waals surface area contributed by atoms with Crippen LogP contribution in [0, 0.1) is 0 Å². The Balaban J connectivity index is 1.78. The Bertz CT molecular complexity index is 449. The van der Waals surface area contributed by atoms with Crippen LogP contribution in [0.1, 0.15) is 32.6 Å². The molecule has 1 aromatic heterocycles. The normalized spacial score (nSPS) is 19.5. The summed E-state index contributed by atoms with van der Waals surface area (Å²) < 4.78 is 0. The Labute approximate surface area is 127 Å². The molecular weight excluding hydrogens is 266 g/mol. The number of nitrogen functional groups attached to an aromatic ring is 1. The van der Waals surface area contributed by atoms with Crippen molar-refractivity contribution in [1.29, 1.82) is 0 Å². The summed E-state index contributed by atoms with van der Waals surface area (Å²) in [6, 6.07) is 0.715. The first-order valence-electron chi connectivity index (χ1n) is 7.73. The fraction of sp³-hybridized carbons (Fsp3) is 0.786. The lowest BCUT2D eigenvalue weighted by atomic mass is 10.0. The second kappa shape index (κ2) is 7.40. The minimum absolute atomic E-state index is 0.251. The van der Waals surface area contributed by atoms with Gasteiger partial charge < -0.3 is 20.9 Å². The minimum atomic E-state index is 0.251. The first kappa shape index (κ1) is 15.8. The Kier molecular flexibility index (Phi) is 5.55. The third-order valence-corrected chi connectivity index (χ3v) is 3.89. The van der Waals surface area contributed by atoms with Gasteiger partial charge in [0.1, 0.15) is 0 Å². The van der Waals surface area contributed by atoms with Crippen LogP contribution in [0.5, 0.6) is 0 Å². The fourth-order valence-electron chi connectivity index (χ4n) is 2.63. The molecule has 1 aliphatic rings. The number of hydrogen-bond donors (Lipinski definition) is 2. The van der Waals surface area contributed by atoms with Gasteiger partial charge in [-0.3, -0.25) is 0 Å². The molecule has 1 atom stereocenters. The number of nitrogens with one attached hydrogen (secondary N) is 1. The molecule has 1 aromatic rings. The highest BCUT2D eigenvalue weighted by molar-refractivity contribution is 5.40. The van der Waals surface area contributed by atoms with Crippen molar-refractivity contribution in [3.8, 4) is 0 Å². The van der Waals surface area contributed by atoms with E-state index in [1.165, 1.54) is 25.8 Å². The maximum atomic E-state index is 5.70. The van der Waals surface area contributed by atoms with Crippen LogP contribution in [-0.4, -0.2) is 59.6 Å². The van der Waals surface area contributed by atoms with Gasteiger partial charge in [0, 0.05) is 33.2 Å². The zero-order chi connectivity index (χ0) is 15.2. The number of hydrogen-bond acceptors (Lipinski definition) is 7. The molecular formula is C14H27N7. The Morgan fingerprint density at radius 1 is 1.29 bits per heavy atom. The average Bonchev–Trinajstić information content (AvgIpc) is 2.44. The van der Waals surface area contributed by atoms with Crippen LogP contribution in [0.3, 0.4) is 0 Å². The van der Waals surface area contributed by atoms with Crippen LogP contribution < -0.4 is 16.0 Å². The molecule has 118 valence electrons. The van der Waals surface area contributed by atoms with Gasteiger partial charge in [0.05, 0.1) is 0 Å². The van der Waals surface area contributed by atoms with Crippen LogP contribution in [0.25, 0.3) is 0 Å². The molecule has 1 aliphatic heterocycles. The van der Waals surface area contributed by atoms with E-state index in [1.807, 2.05) is 19.0 Å². The molecule has 1 unspecified atom stereocenters. The Morgan fingerprint density at radius 3 is 2.81 bits per heavy atom. The molecule has 2 heterocycles. The SMILES string of the molecule is CC1CCCCN1CCCNc1nc(N)nc(N(C)C)n1. The highest BCUT2D eigenvalue weighted by Crippen LogP contribution is 2.16. The van der Waals surface area contributed by atoms with E-state index in [1.54, 1.807) is 0 Å². The lowest BCUT2D eigenvalue weighted by Gasteiger charge is -2.33. The summed E-state index contributed by atoms with van der Waals surface area (Å²) in [5, 5.41) is 3.24. The summed E-state index contributed by atoms with van der Waals surface area (Å²) >= 11 is 0. The molecule has 1 fully saturated rings. The second-order valence-corrected chi connectivity index (χ2v) is 5.87. The highest BCUT2D eigenvalue weighted by atomic mass is 15.3. The molecule has 0 aromatic carbocycles. The van der Waals surface area contributed by atoms with Gasteiger partial charge in [0.2, 0.25) is 17.8 Å². The van der Waals surface area contributed by atoms with E-state index >= 15 is 0 Å². The van der Waals surface area contributed by atoms with Crippen molar-refractivity contribution in [2.45, 2.75) is 38.6 Å². The lowest BCUT2D eigenvalue weighted by molar-refractivity contribution is 0.160. The number of nitrogens with zero attached hydrogens (tertiary/aromatic N) is 5. The average molecular weight is 293 g/mol. The summed E-state index contributed by atoms with van der Waals surface area (Å²) in [4.78, 5) is 16.9. The van der Waals surface area contributed by atoms with E-state index in [0.717, 1.165) is 19.5 Å². The van der Waals surface area contributed by atoms with Crippen molar-refractivity contribution in [3.05, 3.63) is 0 Å². The van der Waals surface area contributed by atoms with Crippen LogP contribution in [0.2, 0.25) is 0 Å². The first-order valence-corrected chi connectivity index (χ1v) is 7.73. The largest absolute Gasteiger partial charge is 0.368 e. The molecule has 21 heavy (non-hydrogen) atoms. The summed E-state index contributed by atoms with van der Waals surface area (Å²) in [7, 11) is 3.77. The molecule has 3 N–H and O–H groups in total. The van der Waals surface area contributed by atoms with Gasteiger partial charge in [-0.2, -0.15) is 15.0 Å². The third kappa shape index (κ3) is 4.70. The smallest absolute Gasteiger partial charge is 0.231 e. The predicted octanol–water partition coefficient (Wildman–Crippen LogP) is 1.20. The molecule has 0 aliphatic carbocycles. The molecule has 7 nitrogen and oxygen atoms in total. The molecule has 0 spiro atoms. The Morgan fingerprint density at radius 2 is 2.10 bits per heavy atom. The highest BCUT2D eigenvalue weighted by Gasteiger charge is 2.17. The van der Waals surface area contributed by atoms with E-state index in [0.29, 0.717) is 17.9 Å². The summed E-state index contributed by atoms with van der Waals surface area (Å²) in [5.74, 6) is 1.38. The lowest BCUT2D eigenvalue weighted by Crippen LogP contribution is -2.38. The van der Waals surface area contributed by atoms with Gasteiger partial charge in [-0.1, -0.05) is 6.42 Å². The number of anilines is 3. The zero-order valence-electron chi connectivity index (χ0n) is 13.3. The van der Waals surface area contributed by atoms with Crippen LogP contribution in [0.4, 0.5) is 17.8 Å². The standard InChI is InChI=1S/C14H27N7/c1-11-7-4-5-9-21(11)10-6-8-16-13-17-12(15)18-14(19-13)20(2)3/h11H,4-10H2,1-3H3,(H3,15,16,17,18,19). The number of likely N-dealkylation sites (tertiary alicyclic amines) is 1. The molecule has 0 bridgehead atoms. The van der Waals surface area contributed by atoms with E-state index in [9.17, 15) is 0 Å². The van der Waals surface area contributed by atoms with Gasteiger partial charge >= 0.3 is 0 Å². The monoisotopic (exact) mass is 293 g/mol. The predicted molar refractivity (Wildman–Crippen MR) is 86.6 cm³/mol. The van der Waals surface area contributed by atoms with Crippen molar-refractivity contribution in [2.24, 2.45) is 0 Å². The molecule has 1 saturated heterocycles. The second-order valence-electron chi connectivity index (χ2n) is 5.87. The van der Waals surface area contributed by atoms with Crippen molar-refractivity contribution in [3.63, 3.8) is 0 Å². The quantitative estimate of drug-likeness (QED) is 0.762. The van der Waals surface area contributed by atoms with Gasteiger partial charge in [-0.25, -0.2) is 0 Å². The van der Waals surface area contributed by atoms with Crippen molar-refractivity contribution < 1.29 is 0 Å². The van der Waals surface area contributed by atoms with Gasteiger partial charge in [-0.05, 0) is 32.7 Å². The van der Waals surface area contributed by atoms with Crippen molar-refractivity contribution in [2.75, 3.05) is 49.7 Å². The maximum absolute atomic E-state index is 5.70.